The molecule has 0 spiro atoms. The van der Waals surface area contributed by atoms with Crippen LogP contribution < -0.4 is 10.2 Å². The second-order valence-electron chi connectivity index (χ2n) is 7.16. The van der Waals surface area contributed by atoms with E-state index in [1.807, 2.05) is 18.3 Å². The fourth-order valence-corrected chi connectivity index (χ4v) is 4.59. The van der Waals surface area contributed by atoms with Gasteiger partial charge in [-0.2, -0.15) is 0 Å². The lowest BCUT2D eigenvalue weighted by Gasteiger charge is -2.31. The normalized spacial score (nSPS) is 15.6. The summed E-state index contributed by atoms with van der Waals surface area (Å²) in [6.45, 7) is 10.3. The Morgan fingerprint density at radius 1 is 1.33 bits per heavy atom. The molecule has 0 radical (unpaired) electrons. The summed E-state index contributed by atoms with van der Waals surface area (Å²) >= 11 is 1.64. The van der Waals surface area contributed by atoms with E-state index >= 15 is 0 Å². The van der Waals surface area contributed by atoms with E-state index in [0.29, 0.717) is 0 Å². The average molecular weight is 390 g/mol. The molecule has 7 heteroatoms. The minimum Gasteiger partial charge on any atom is -0.356 e. The van der Waals surface area contributed by atoms with E-state index in [2.05, 4.69) is 38.9 Å². The lowest BCUT2D eigenvalue weighted by Crippen LogP contribution is -2.41. The van der Waals surface area contributed by atoms with Gasteiger partial charge in [0.25, 0.3) is 0 Å². The van der Waals surface area contributed by atoms with Crippen LogP contribution in [-0.2, 0) is 4.79 Å². The predicted octanol–water partition coefficient (Wildman–Crippen LogP) is 3.15. The highest BCUT2D eigenvalue weighted by atomic mass is 32.1. The van der Waals surface area contributed by atoms with Gasteiger partial charge < -0.3 is 15.1 Å². The van der Waals surface area contributed by atoms with Crippen molar-refractivity contribution < 1.29 is 4.79 Å². The van der Waals surface area contributed by atoms with E-state index in [0.717, 1.165) is 74.0 Å². The quantitative estimate of drug-likeness (QED) is 0.668. The fourth-order valence-electron chi connectivity index (χ4n) is 3.63. The minimum absolute atomic E-state index is 0.131. The molecule has 0 bridgehead atoms. The number of piperidine rings is 1. The summed E-state index contributed by atoms with van der Waals surface area (Å²) in [5.41, 5.74) is 0.960. The number of rotatable bonds is 9. The van der Waals surface area contributed by atoms with Crippen molar-refractivity contribution in [3.8, 4) is 0 Å². The molecule has 1 N–H and O–H groups in total. The molecule has 2 aromatic heterocycles. The maximum Gasteiger partial charge on any atom is 0.223 e. The van der Waals surface area contributed by atoms with Crippen LogP contribution in [-0.4, -0.2) is 60.0 Å². The van der Waals surface area contributed by atoms with Crippen molar-refractivity contribution in [3.05, 3.63) is 18.3 Å². The molecule has 1 amide bonds. The number of anilines is 1. The van der Waals surface area contributed by atoms with E-state index < -0.39 is 0 Å². The third-order valence-corrected chi connectivity index (χ3v) is 6.27. The van der Waals surface area contributed by atoms with Crippen LogP contribution in [0.3, 0.4) is 0 Å². The van der Waals surface area contributed by atoms with Crippen molar-refractivity contribution in [1.29, 1.82) is 0 Å². The summed E-state index contributed by atoms with van der Waals surface area (Å²) < 4.78 is 0. The Hall–Kier alpha value is -1.73. The van der Waals surface area contributed by atoms with Crippen LogP contribution in [0.15, 0.2) is 18.3 Å². The van der Waals surface area contributed by atoms with Crippen molar-refractivity contribution >= 4 is 32.7 Å². The number of hydrogen-bond acceptors (Lipinski definition) is 6. The molecule has 1 aliphatic rings. The highest BCUT2D eigenvalue weighted by Crippen LogP contribution is 2.30. The van der Waals surface area contributed by atoms with Crippen LogP contribution in [0.5, 0.6) is 0 Å². The number of nitrogens with one attached hydrogen (secondary N) is 1. The Labute approximate surface area is 166 Å². The zero-order chi connectivity index (χ0) is 19.1. The van der Waals surface area contributed by atoms with Crippen LogP contribution in [0.4, 0.5) is 5.13 Å². The van der Waals surface area contributed by atoms with Crippen molar-refractivity contribution in [2.45, 2.75) is 39.5 Å². The van der Waals surface area contributed by atoms with Gasteiger partial charge >= 0.3 is 0 Å². The van der Waals surface area contributed by atoms with Crippen molar-refractivity contribution in [2.24, 2.45) is 5.92 Å². The van der Waals surface area contributed by atoms with Crippen LogP contribution >= 0.6 is 11.3 Å². The zero-order valence-corrected chi connectivity index (χ0v) is 17.3. The number of thiazole rings is 1. The lowest BCUT2D eigenvalue weighted by molar-refractivity contribution is -0.125. The highest BCUT2D eigenvalue weighted by molar-refractivity contribution is 7.21. The molecule has 0 atom stereocenters. The van der Waals surface area contributed by atoms with Gasteiger partial charge in [-0.05, 0) is 57.5 Å². The average Bonchev–Trinajstić information content (AvgIpc) is 3.14. The summed E-state index contributed by atoms with van der Waals surface area (Å²) in [5, 5.41) is 4.17. The summed E-state index contributed by atoms with van der Waals surface area (Å²) in [4.78, 5) is 27.2. The number of aromatic nitrogens is 2. The van der Waals surface area contributed by atoms with Crippen molar-refractivity contribution in [2.75, 3.05) is 44.2 Å². The predicted molar refractivity (Wildman–Crippen MR) is 112 cm³/mol. The molecule has 0 aromatic carbocycles. The Morgan fingerprint density at radius 3 is 2.85 bits per heavy atom. The standard InChI is InChI=1S/C20H31N5OS/c1-3-12-24(4-2)13-6-11-21-18(26)16-8-14-25(15-9-16)20-23-17-7-5-10-22-19(17)27-20/h5,7,10,16H,3-4,6,8-9,11-15H2,1-2H3,(H,21,26). The van der Waals surface area contributed by atoms with E-state index in [1.54, 1.807) is 11.3 Å². The van der Waals surface area contributed by atoms with E-state index in [9.17, 15) is 4.79 Å². The second-order valence-corrected chi connectivity index (χ2v) is 8.12. The first-order valence-corrected chi connectivity index (χ1v) is 11.0. The largest absolute Gasteiger partial charge is 0.356 e. The molecule has 6 nitrogen and oxygen atoms in total. The molecule has 0 saturated carbocycles. The maximum atomic E-state index is 12.5. The Bertz CT molecular complexity index is 693. The number of nitrogens with zero attached hydrogens (tertiary/aromatic N) is 4. The molecule has 0 aliphatic carbocycles. The summed E-state index contributed by atoms with van der Waals surface area (Å²) in [6.07, 6.45) is 5.81. The Morgan fingerprint density at radius 2 is 2.15 bits per heavy atom. The third-order valence-electron chi connectivity index (χ3n) is 5.23. The van der Waals surface area contributed by atoms with Gasteiger partial charge in [-0.15, -0.1) is 0 Å². The van der Waals surface area contributed by atoms with Crippen molar-refractivity contribution in [3.63, 3.8) is 0 Å². The molecule has 3 rings (SSSR count). The molecule has 0 unspecified atom stereocenters. The van der Waals surface area contributed by atoms with Crippen LogP contribution in [0.2, 0.25) is 0 Å². The van der Waals surface area contributed by atoms with Crippen LogP contribution in [0, 0.1) is 5.92 Å². The van der Waals surface area contributed by atoms with Gasteiger partial charge in [0, 0.05) is 31.7 Å². The molecule has 3 heterocycles. The third kappa shape index (κ3) is 5.39. The molecule has 1 fully saturated rings. The first-order chi connectivity index (χ1) is 13.2. The van der Waals surface area contributed by atoms with Gasteiger partial charge in [-0.3, -0.25) is 4.79 Å². The molecule has 1 aliphatic heterocycles. The van der Waals surface area contributed by atoms with Gasteiger partial charge in [-0.1, -0.05) is 25.2 Å². The molecular weight excluding hydrogens is 358 g/mol. The first kappa shape index (κ1) is 20.0. The minimum atomic E-state index is 0.131. The summed E-state index contributed by atoms with van der Waals surface area (Å²) in [7, 11) is 0. The molecular formula is C20H31N5OS. The maximum absolute atomic E-state index is 12.5. The van der Waals surface area contributed by atoms with Gasteiger partial charge in [0.05, 0.1) is 0 Å². The smallest absolute Gasteiger partial charge is 0.223 e. The monoisotopic (exact) mass is 389 g/mol. The van der Waals surface area contributed by atoms with Gasteiger partial charge in [0.2, 0.25) is 5.91 Å². The zero-order valence-electron chi connectivity index (χ0n) is 16.5. The number of carbonyl (C=O) groups is 1. The van der Waals surface area contributed by atoms with E-state index in [-0.39, 0.29) is 11.8 Å². The van der Waals surface area contributed by atoms with Crippen molar-refractivity contribution in [1.82, 2.24) is 20.2 Å². The number of carbonyl (C=O) groups excluding carboxylic acids is 1. The Balaban J connectivity index is 1.40. The topological polar surface area (TPSA) is 61.4 Å². The molecule has 27 heavy (non-hydrogen) atoms. The molecule has 148 valence electrons. The number of pyridine rings is 1. The molecule has 1 saturated heterocycles. The fraction of sp³-hybridized carbons (Fsp3) is 0.650. The first-order valence-electron chi connectivity index (χ1n) is 10.2. The van der Waals surface area contributed by atoms with Gasteiger partial charge in [0.1, 0.15) is 10.3 Å². The highest BCUT2D eigenvalue weighted by Gasteiger charge is 2.26. The van der Waals surface area contributed by atoms with Gasteiger partial charge in [-0.25, -0.2) is 9.97 Å². The van der Waals surface area contributed by atoms with Crippen LogP contribution in [0.25, 0.3) is 10.3 Å². The summed E-state index contributed by atoms with van der Waals surface area (Å²) in [5.74, 6) is 0.353. The second kappa shape index (κ2) is 9.99. The van der Waals surface area contributed by atoms with Crippen LogP contribution in [0.1, 0.15) is 39.5 Å². The van der Waals surface area contributed by atoms with E-state index in [1.165, 1.54) is 6.42 Å². The van der Waals surface area contributed by atoms with E-state index in [4.69, 9.17) is 0 Å². The number of fused-ring (bicyclic) bond motifs is 1. The molecule has 2 aromatic rings. The number of hydrogen-bond donors (Lipinski definition) is 1. The van der Waals surface area contributed by atoms with Gasteiger partial charge in [0.15, 0.2) is 5.13 Å². The SMILES string of the molecule is CCCN(CC)CCCNC(=O)C1CCN(c2nc3cccnc3s2)CC1. The Kier molecular flexibility index (Phi) is 7.41. The summed E-state index contributed by atoms with van der Waals surface area (Å²) in [6, 6.07) is 3.92. The lowest BCUT2D eigenvalue weighted by atomic mass is 9.96. The number of amides is 1.